The molecular weight excluding hydrogens is 128 g/mol. The molecule has 2 nitrogen and oxygen atoms in total. The van der Waals surface area contributed by atoms with E-state index >= 15 is 0 Å². The quantitative estimate of drug-likeness (QED) is 0.548. The number of aldehydes is 1. The molecule has 0 fully saturated rings. The molecule has 0 aliphatic carbocycles. The van der Waals surface area contributed by atoms with Gasteiger partial charge in [-0.15, -0.1) is 0 Å². The molecule has 2 atom stereocenters. The Morgan fingerprint density at radius 3 is 2.50 bits per heavy atom. The van der Waals surface area contributed by atoms with E-state index in [1.54, 1.807) is 6.92 Å². The predicted octanol–water partition coefficient (Wildman–Crippen LogP) is 1.64. The van der Waals surface area contributed by atoms with Gasteiger partial charge in [-0.05, 0) is 12.8 Å². The van der Waals surface area contributed by atoms with Crippen LogP contribution >= 0.6 is 0 Å². The first kappa shape index (κ1) is 9.63. The molecule has 10 heavy (non-hydrogen) atoms. The highest BCUT2D eigenvalue weighted by Crippen LogP contribution is 2.01. The summed E-state index contributed by atoms with van der Waals surface area (Å²) in [6, 6.07) is 0. The highest BCUT2D eigenvalue weighted by atomic mass is 16.5. The summed E-state index contributed by atoms with van der Waals surface area (Å²) in [6.07, 6.45) is 1.68. The van der Waals surface area contributed by atoms with Crippen molar-refractivity contribution >= 4 is 6.29 Å². The zero-order valence-electron chi connectivity index (χ0n) is 6.96. The summed E-state index contributed by atoms with van der Waals surface area (Å²) in [5.41, 5.74) is 0. The van der Waals surface area contributed by atoms with E-state index in [9.17, 15) is 4.79 Å². The van der Waals surface area contributed by atoms with Crippen LogP contribution in [-0.2, 0) is 9.53 Å². The Kier molecular flexibility index (Phi) is 5.22. The Morgan fingerprint density at radius 2 is 2.10 bits per heavy atom. The van der Waals surface area contributed by atoms with Crippen LogP contribution in [0.15, 0.2) is 0 Å². The van der Waals surface area contributed by atoms with Gasteiger partial charge < -0.3 is 9.53 Å². The molecule has 0 aliphatic rings. The average Bonchev–Trinajstić information content (AvgIpc) is 1.99. The fourth-order valence-electron chi connectivity index (χ4n) is 0.473. The first-order valence-electron chi connectivity index (χ1n) is 3.77. The molecule has 0 saturated heterocycles. The zero-order chi connectivity index (χ0) is 7.98. The van der Waals surface area contributed by atoms with Gasteiger partial charge in [-0.2, -0.15) is 0 Å². The SMILES string of the molecule is CCC(C)COC(C)C=O. The lowest BCUT2D eigenvalue weighted by Gasteiger charge is -2.10. The second-order valence-electron chi connectivity index (χ2n) is 2.69. The molecule has 0 aromatic carbocycles. The van der Waals surface area contributed by atoms with Crippen LogP contribution in [0, 0.1) is 5.92 Å². The van der Waals surface area contributed by atoms with Crippen molar-refractivity contribution in [1.82, 2.24) is 0 Å². The lowest BCUT2D eigenvalue weighted by Crippen LogP contribution is -2.14. The fraction of sp³-hybridized carbons (Fsp3) is 0.875. The number of hydrogen-bond acceptors (Lipinski definition) is 2. The van der Waals surface area contributed by atoms with Crippen LogP contribution < -0.4 is 0 Å². The van der Waals surface area contributed by atoms with Crippen molar-refractivity contribution in [2.45, 2.75) is 33.3 Å². The van der Waals surface area contributed by atoms with Gasteiger partial charge in [-0.25, -0.2) is 0 Å². The predicted molar refractivity (Wildman–Crippen MR) is 40.9 cm³/mol. The Hall–Kier alpha value is -0.370. The van der Waals surface area contributed by atoms with Gasteiger partial charge in [0.1, 0.15) is 12.4 Å². The lowest BCUT2D eigenvalue weighted by molar-refractivity contribution is -0.117. The van der Waals surface area contributed by atoms with E-state index in [4.69, 9.17) is 4.74 Å². The Labute approximate surface area is 62.6 Å². The van der Waals surface area contributed by atoms with Crippen LogP contribution in [0.4, 0.5) is 0 Å². The average molecular weight is 144 g/mol. The maximum absolute atomic E-state index is 10.1. The molecule has 0 aromatic rings. The van der Waals surface area contributed by atoms with Crippen molar-refractivity contribution in [2.75, 3.05) is 6.61 Å². The summed E-state index contributed by atoms with van der Waals surface area (Å²) >= 11 is 0. The van der Waals surface area contributed by atoms with Crippen molar-refractivity contribution in [3.63, 3.8) is 0 Å². The maximum atomic E-state index is 10.1. The molecule has 0 bridgehead atoms. The molecule has 0 rings (SSSR count). The Balaban J connectivity index is 3.25. The van der Waals surface area contributed by atoms with E-state index in [-0.39, 0.29) is 6.10 Å². The van der Waals surface area contributed by atoms with Gasteiger partial charge in [0.15, 0.2) is 0 Å². The lowest BCUT2D eigenvalue weighted by atomic mass is 10.1. The van der Waals surface area contributed by atoms with Crippen molar-refractivity contribution in [1.29, 1.82) is 0 Å². The van der Waals surface area contributed by atoms with E-state index in [1.165, 1.54) is 0 Å². The minimum Gasteiger partial charge on any atom is -0.371 e. The second-order valence-corrected chi connectivity index (χ2v) is 2.69. The number of hydrogen-bond donors (Lipinski definition) is 0. The second kappa shape index (κ2) is 5.42. The molecule has 2 heteroatoms. The van der Waals surface area contributed by atoms with E-state index in [2.05, 4.69) is 13.8 Å². The summed E-state index contributed by atoms with van der Waals surface area (Å²) in [4.78, 5) is 10.1. The topological polar surface area (TPSA) is 26.3 Å². The van der Waals surface area contributed by atoms with Gasteiger partial charge in [0, 0.05) is 0 Å². The van der Waals surface area contributed by atoms with Crippen LogP contribution in [0.25, 0.3) is 0 Å². The van der Waals surface area contributed by atoms with Gasteiger partial charge in [0.05, 0.1) is 6.61 Å². The van der Waals surface area contributed by atoms with Crippen molar-refractivity contribution in [3.8, 4) is 0 Å². The number of rotatable bonds is 5. The van der Waals surface area contributed by atoms with Crippen molar-refractivity contribution in [2.24, 2.45) is 5.92 Å². The van der Waals surface area contributed by atoms with Crippen LogP contribution in [0.1, 0.15) is 27.2 Å². The standard InChI is InChI=1S/C8H16O2/c1-4-7(2)6-10-8(3)5-9/h5,7-8H,4,6H2,1-3H3. The van der Waals surface area contributed by atoms with Gasteiger partial charge in [-0.1, -0.05) is 20.3 Å². The molecule has 0 saturated carbocycles. The molecule has 0 heterocycles. The molecule has 0 N–H and O–H groups in total. The molecule has 0 amide bonds. The van der Waals surface area contributed by atoms with Crippen LogP contribution in [-0.4, -0.2) is 19.0 Å². The summed E-state index contributed by atoms with van der Waals surface area (Å²) in [6.45, 7) is 6.67. The summed E-state index contributed by atoms with van der Waals surface area (Å²) in [7, 11) is 0. The number of carbonyl (C=O) groups is 1. The fourth-order valence-corrected chi connectivity index (χ4v) is 0.473. The molecule has 0 radical (unpaired) electrons. The van der Waals surface area contributed by atoms with Crippen molar-refractivity contribution < 1.29 is 9.53 Å². The third-order valence-electron chi connectivity index (χ3n) is 1.53. The smallest absolute Gasteiger partial charge is 0.148 e. The van der Waals surface area contributed by atoms with Gasteiger partial charge in [-0.3, -0.25) is 0 Å². The Morgan fingerprint density at radius 1 is 1.50 bits per heavy atom. The maximum Gasteiger partial charge on any atom is 0.148 e. The van der Waals surface area contributed by atoms with E-state index in [0.29, 0.717) is 12.5 Å². The monoisotopic (exact) mass is 144 g/mol. The highest BCUT2D eigenvalue weighted by Gasteiger charge is 2.02. The highest BCUT2D eigenvalue weighted by molar-refractivity contribution is 5.55. The summed E-state index contributed by atoms with van der Waals surface area (Å²) in [5, 5.41) is 0. The molecule has 0 spiro atoms. The number of carbonyl (C=O) groups excluding carboxylic acids is 1. The van der Waals surface area contributed by atoms with Crippen LogP contribution in [0.5, 0.6) is 0 Å². The zero-order valence-corrected chi connectivity index (χ0v) is 6.96. The van der Waals surface area contributed by atoms with Crippen molar-refractivity contribution in [3.05, 3.63) is 0 Å². The normalized spacial score (nSPS) is 16.3. The minimum atomic E-state index is -0.242. The third kappa shape index (κ3) is 4.50. The summed E-state index contributed by atoms with van der Waals surface area (Å²) < 4.78 is 5.18. The molecule has 60 valence electrons. The van der Waals surface area contributed by atoms with Gasteiger partial charge in [0.25, 0.3) is 0 Å². The number of ether oxygens (including phenoxy) is 1. The first-order chi connectivity index (χ1) is 4.70. The molecular formula is C8H16O2. The van der Waals surface area contributed by atoms with Crippen LogP contribution in [0.3, 0.4) is 0 Å². The van der Waals surface area contributed by atoms with E-state index < -0.39 is 0 Å². The molecule has 0 aromatic heterocycles. The first-order valence-corrected chi connectivity index (χ1v) is 3.77. The molecule has 0 aliphatic heterocycles. The van der Waals surface area contributed by atoms with E-state index in [1.807, 2.05) is 0 Å². The third-order valence-corrected chi connectivity index (χ3v) is 1.53. The minimum absolute atomic E-state index is 0.242. The van der Waals surface area contributed by atoms with Crippen LogP contribution in [0.2, 0.25) is 0 Å². The van der Waals surface area contributed by atoms with Gasteiger partial charge >= 0.3 is 0 Å². The summed E-state index contributed by atoms with van der Waals surface area (Å²) in [5.74, 6) is 0.558. The van der Waals surface area contributed by atoms with E-state index in [0.717, 1.165) is 12.7 Å². The molecule has 2 unspecified atom stereocenters. The largest absolute Gasteiger partial charge is 0.371 e. The Bertz CT molecular complexity index is 91.3. The van der Waals surface area contributed by atoms with Gasteiger partial charge in [0.2, 0.25) is 0 Å².